The maximum Gasteiger partial charge on any atom is 0.573 e. The van der Waals surface area contributed by atoms with E-state index in [1.54, 1.807) is 6.92 Å². The highest BCUT2D eigenvalue weighted by atomic mass is 19.4. The molecule has 0 aliphatic carbocycles. The van der Waals surface area contributed by atoms with Gasteiger partial charge >= 0.3 is 12.3 Å². The Morgan fingerprint density at radius 1 is 1.38 bits per heavy atom. The molecule has 1 rings (SSSR count). The normalized spacial score (nSPS) is 11.1. The van der Waals surface area contributed by atoms with Crippen molar-refractivity contribution in [3.8, 4) is 11.5 Å². The van der Waals surface area contributed by atoms with Crippen molar-refractivity contribution in [3.63, 3.8) is 0 Å². The number of pyridine rings is 1. The average molecular weight is 311 g/mol. The molecule has 0 spiro atoms. The van der Waals surface area contributed by atoms with Crippen molar-refractivity contribution in [3.05, 3.63) is 17.5 Å². The molecule has 0 aliphatic heterocycles. The molecule has 1 aromatic heterocycles. The van der Waals surface area contributed by atoms with Gasteiger partial charge in [0.15, 0.2) is 11.5 Å². The van der Waals surface area contributed by atoms with Crippen LogP contribution in [0.25, 0.3) is 0 Å². The first-order valence-corrected chi connectivity index (χ1v) is 5.84. The molecule has 0 aliphatic rings. The van der Waals surface area contributed by atoms with Crippen molar-refractivity contribution in [1.82, 2.24) is 4.98 Å². The lowest BCUT2D eigenvalue weighted by atomic mass is 10.2. The highest BCUT2D eigenvalue weighted by Crippen LogP contribution is 2.35. The van der Waals surface area contributed by atoms with Gasteiger partial charge in [0.05, 0.1) is 25.8 Å². The zero-order chi connectivity index (χ0) is 16.0. The zero-order valence-electron chi connectivity index (χ0n) is 11.3. The fraction of sp³-hybridized carbons (Fsp3) is 0.500. The van der Waals surface area contributed by atoms with Crippen molar-refractivity contribution in [2.24, 2.45) is 0 Å². The van der Waals surface area contributed by atoms with Gasteiger partial charge in [-0.05, 0) is 6.92 Å². The minimum Gasteiger partial charge on any atom is -0.491 e. The summed E-state index contributed by atoms with van der Waals surface area (Å²) < 4.78 is 62.9. The molecule has 0 bridgehead atoms. The van der Waals surface area contributed by atoms with E-state index in [9.17, 15) is 22.4 Å². The molecule has 0 radical (unpaired) electrons. The second-order valence-corrected chi connectivity index (χ2v) is 3.75. The van der Waals surface area contributed by atoms with E-state index in [1.165, 1.54) is 0 Å². The molecule has 0 saturated heterocycles. The maximum atomic E-state index is 12.9. The highest BCUT2D eigenvalue weighted by Gasteiger charge is 2.33. The molecule has 1 heterocycles. The van der Waals surface area contributed by atoms with Gasteiger partial charge in [-0.25, -0.2) is 4.39 Å². The standard InChI is InChI=1S/C12H13F4NO4/c1-3-20-10(18)5-7-4-9(21-12(14,15)16)11(19-2)8(6-13)17-7/h4H,3,5-6H2,1-2H3. The molecule has 0 unspecified atom stereocenters. The minimum atomic E-state index is -4.98. The number of aromatic nitrogens is 1. The van der Waals surface area contributed by atoms with Gasteiger partial charge in [-0.1, -0.05) is 0 Å². The van der Waals surface area contributed by atoms with Crippen molar-refractivity contribution >= 4 is 5.97 Å². The third-order valence-electron chi connectivity index (χ3n) is 2.25. The summed E-state index contributed by atoms with van der Waals surface area (Å²) in [6.07, 6.45) is -5.39. The Balaban J connectivity index is 3.16. The Morgan fingerprint density at radius 3 is 2.52 bits per heavy atom. The molecular formula is C12H13F4NO4. The van der Waals surface area contributed by atoms with Gasteiger partial charge in [-0.2, -0.15) is 0 Å². The van der Waals surface area contributed by atoms with Crippen LogP contribution in [0.1, 0.15) is 18.3 Å². The van der Waals surface area contributed by atoms with E-state index in [1.807, 2.05) is 0 Å². The van der Waals surface area contributed by atoms with E-state index in [0.29, 0.717) is 0 Å². The minimum absolute atomic E-state index is 0.108. The van der Waals surface area contributed by atoms with E-state index in [4.69, 9.17) is 0 Å². The van der Waals surface area contributed by atoms with Crippen LogP contribution in [0.3, 0.4) is 0 Å². The molecular weight excluding hydrogens is 298 g/mol. The number of methoxy groups -OCH3 is 1. The lowest BCUT2D eigenvalue weighted by Crippen LogP contribution is -2.19. The van der Waals surface area contributed by atoms with Crippen LogP contribution < -0.4 is 9.47 Å². The summed E-state index contributed by atoms with van der Waals surface area (Å²) in [4.78, 5) is 15.0. The number of alkyl halides is 4. The van der Waals surface area contributed by atoms with Crippen LogP contribution in [-0.4, -0.2) is 31.0 Å². The predicted octanol–water partition coefficient (Wildman–Crippen LogP) is 2.56. The van der Waals surface area contributed by atoms with Crippen LogP contribution in [0.15, 0.2) is 6.07 Å². The number of esters is 1. The fourth-order valence-electron chi connectivity index (χ4n) is 1.58. The number of carbonyl (C=O) groups is 1. The van der Waals surface area contributed by atoms with Crippen LogP contribution in [0.2, 0.25) is 0 Å². The van der Waals surface area contributed by atoms with Crippen molar-refractivity contribution in [1.29, 1.82) is 0 Å². The predicted molar refractivity (Wildman–Crippen MR) is 62.6 cm³/mol. The molecule has 0 fully saturated rings. The molecule has 0 atom stereocenters. The van der Waals surface area contributed by atoms with Gasteiger partial charge in [0.2, 0.25) is 0 Å². The first-order valence-electron chi connectivity index (χ1n) is 5.84. The second-order valence-electron chi connectivity index (χ2n) is 3.75. The first kappa shape index (κ1) is 17.0. The second kappa shape index (κ2) is 7.09. The summed E-state index contributed by atoms with van der Waals surface area (Å²) in [5, 5.41) is 0. The van der Waals surface area contributed by atoms with Gasteiger partial charge < -0.3 is 14.2 Å². The van der Waals surface area contributed by atoms with Gasteiger partial charge in [0, 0.05) is 6.07 Å². The summed E-state index contributed by atoms with van der Waals surface area (Å²) in [6.45, 7) is 0.509. The molecule has 21 heavy (non-hydrogen) atoms. The average Bonchev–Trinajstić information content (AvgIpc) is 2.36. The SMILES string of the molecule is CCOC(=O)Cc1cc(OC(F)(F)F)c(OC)c(CF)n1. The molecule has 118 valence electrons. The lowest BCUT2D eigenvalue weighted by Gasteiger charge is -2.15. The Morgan fingerprint density at radius 2 is 2.05 bits per heavy atom. The number of carbonyl (C=O) groups excluding carboxylic acids is 1. The Labute approximate surface area is 117 Å². The Kier molecular flexibility index (Phi) is 5.74. The van der Waals surface area contributed by atoms with Gasteiger partial charge in [0.25, 0.3) is 0 Å². The zero-order valence-corrected chi connectivity index (χ0v) is 11.3. The maximum absolute atomic E-state index is 12.9. The smallest absolute Gasteiger partial charge is 0.491 e. The molecule has 0 amide bonds. The van der Waals surface area contributed by atoms with E-state index < -0.39 is 42.6 Å². The number of halogens is 4. The number of nitrogens with zero attached hydrogens (tertiary/aromatic N) is 1. The summed E-state index contributed by atoms with van der Waals surface area (Å²) in [6, 6.07) is 0.863. The summed E-state index contributed by atoms with van der Waals surface area (Å²) >= 11 is 0. The van der Waals surface area contributed by atoms with Gasteiger partial charge in [-0.3, -0.25) is 9.78 Å². The van der Waals surface area contributed by atoms with Gasteiger partial charge in [0.1, 0.15) is 12.4 Å². The number of hydrogen-bond donors (Lipinski definition) is 0. The van der Waals surface area contributed by atoms with E-state index >= 15 is 0 Å². The fourth-order valence-corrected chi connectivity index (χ4v) is 1.58. The number of hydrogen-bond acceptors (Lipinski definition) is 5. The van der Waals surface area contributed by atoms with Gasteiger partial charge in [-0.15, -0.1) is 13.2 Å². The van der Waals surface area contributed by atoms with Crippen LogP contribution >= 0.6 is 0 Å². The van der Waals surface area contributed by atoms with E-state index in [-0.39, 0.29) is 12.3 Å². The highest BCUT2D eigenvalue weighted by molar-refractivity contribution is 5.72. The molecule has 5 nitrogen and oxygen atoms in total. The van der Waals surface area contributed by atoms with Crippen LogP contribution in [-0.2, 0) is 22.6 Å². The lowest BCUT2D eigenvalue weighted by molar-refractivity contribution is -0.275. The molecule has 0 saturated carbocycles. The summed E-state index contributed by atoms with van der Waals surface area (Å²) in [7, 11) is 1.06. The topological polar surface area (TPSA) is 57.7 Å². The third kappa shape index (κ3) is 5.09. The molecule has 0 N–H and O–H groups in total. The van der Waals surface area contributed by atoms with Crippen molar-refractivity contribution in [2.75, 3.05) is 13.7 Å². The van der Waals surface area contributed by atoms with Crippen LogP contribution in [0, 0.1) is 0 Å². The van der Waals surface area contributed by atoms with Crippen molar-refractivity contribution in [2.45, 2.75) is 26.4 Å². The number of rotatable bonds is 6. The quantitative estimate of drug-likeness (QED) is 0.597. The first-order chi connectivity index (χ1) is 9.80. The Bertz CT molecular complexity index is 505. The van der Waals surface area contributed by atoms with Crippen LogP contribution in [0.5, 0.6) is 11.5 Å². The number of ether oxygens (including phenoxy) is 3. The molecule has 9 heteroatoms. The van der Waals surface area contributed by atoms with E-state index in [0.717, 1.165) is 13.2 Å². The van der Waals surface area contributed by atoms with E-state index in [2.05, 4.69) is 19.2 Å². The summed E-state index contributed by atoms with van der Waals surface area (Å²) in [5.74, 6) is -1.92. The Hall–Kier alpha value is -2.06. The van der Waals surface area contributed by atoms with Crippen molar-refractivity contribution < 1.29 is 36.6 Å². The van der Waals surface area contributed by atoms with Crippen LogP contribution in [0.4, 0.5) is 17.6 Å². The third-order valence-corrected chi connectivity index (χ3v) is 2.25. The summed E-state index contributed by atoms with van der Waals surface area (Å²) in [5.41, 5.74) is -0.500. The largest absolute Gasteiger partial charge is 0.573 e. The molecule has 1 aromatic rings. The monoisotopic (exact) mass is 311 g/mol. The molecule has 0 aromatic carbocycles.